The van der Waals surface area contributed by atoms with Gasteiger partial charge in [-0.2, -0.15) is 0 Å². The van der Waals surface area contributed by atoms with Crippen LogP contribution in [-0.4, -0.2) is 56.0 Å². The molecule has 1 rings (SSSR count). The maximum atomic E-state index is 12.1. The Bertz CT molecular complexity index is 395. The van der Waals surface area contributed by atoms with Gasteiger partial charge in [0.25, 0.3) is 0 Å². The van der Waals surface area contributed by atoms with Crippen LogP contribution in [0, 0.1) is 5.92 Å². The minimum Gasteiger partial charge on any atom is -0.311 e. The molecule has 3 unspecified atom stereocenters. The average Bonchev–Trinajstić information content (AvgIpc) is 2.44. The van der Waals surface area contributed by atoms with Crippen molar-refractivity contribution in [3.8, 4) is 0 Å². The summed E-state index contributed by atoms with van der Waals surface area (Å²) >= 11 is 0. The summed E-state index contributed by atoms with van der Waals surface area (Å²) in [5.41, 5.74) is 0. The van der Waals surface area contributed by atoms with Crippen LogP contribution in [0.3, 0.4) is 0 Å². The van der Waals surface area contributed by atoms with Gasteiger partial charge in [-0.15, -0.1) is 0 Å². The zero-order valence-corrected chi connectivity index (χ0v) is 15.2. The van der Waals surface area contributed by atoms with Crippen LogP contribution in [0.25, 0.3) is 0 Å². The van der Waals surface area contributed by atoms with Crippen molar-refractivity contribution in [2.75, 3.05) is 25.4 Å². The molecule has 5 heteroatoms. The van der Waals surface area contributed by atoms with Gasteiger partial charge in [0.15, 0.2) is 9.84 Å². The molecule has 1 heterocycles. The van der Waals surface area contributed by atoms with E-state index in [9.17, 15) is 8.42 Å². The number of sulfone groups is 1. The zero-order valence-electron chi connectivity index (χ0n) is 14.4. The molecule has 1 saturated heterocycles. The van der Waals surface area contributed by atoms with E-state index in [1.807, 2.05) is 0 Å². The van der Waals surface area contributed by atoms with Gasteiger partial charge in [0.2, 0.25) is 0 Å². The Balaban J connectivity index is 2.70. The van der Waals surface area contributed by atoms with Crippen molar-refractivity contribution in [1.29, 1.82) is 0 Å². The fourth-order valence-electron chi connectivity index (χ4n) is 3.01. The standard InChI is InChI=1S/C16H34N2O2S/c1-6-8-15-12-18(9-10-21(19,20)13(3)4)16(11-17-15)14(5)7-2/h13-17H,6-12H2,1-5H3. The van der Waals surface area contributed by atoms with E-state index in [-0.39, 0.29) is 11.0 Å². The molecule has 1 aliphatic heterocycles. The van der Waals surface area contributed by atoms with Gasteiger partial charge in [0.05, 0.1) is 11.0 Å². The van der Waals surface area contributed by atoms with E-state index in [2.05, 4.69) is 31.0 Å². The smallest absolute Gasteiger partial charge is 0.153 e. The van der Waals surface area contributed by atoms with Crippen LogP contribution in [0.1, 0.15) is 53.9 Å². The molecule has 0 aromatic heterocycles. The lowest BCUT2D eigenvalue weighted by Gasteiger charge is -2.43. The Morgan fingerprint density at radius 1 is 1.24 bits per heavy atom. The molecule has 0 aromatic rings. The number of rotatable bonds is 8. The first-order valence-corrected chi connectivity index (χ1v) is 10.2. The van der Waals surface area contributed by atoms with Crippen LogP contribution in [0.4, 0.5) is 0 Å². The molecule has 1 fully saturated rings. The van der Waals surface area contributed by atoms with E-state index in [4.69, 9.17) is 0 Å². The molecular formula is C16H34N2O2S. The normalized spacial score (nSPS) is 26.2. The molecule has 1 aliphatic rings. The first kappa shape index (κ1) is 18.9. The number of hydrogen-bond acceptors (Lipinski definition) is 4. The summed E-state index contributed by atoms with van der Waals surface area (Å²) < 4.78 is 24.2. The predicted octanol–water partition coefficient (Wildman–Crippen LogP) is 2.30. The van der Waals surface area contributed by atoms with Crippen LogP contribution in [0.15, 0.2) is 0 Å². The monoisotopic (exact) mass is 318 g/mol. The van der Waals surface area contributed by atoms with Gasteiger partial charge in [-0.25, -0.2) is 8.42 Å². The second-order valence-corrected chi connectivity index (χ2v) is 9.43. The highest BCUT2D eigenvalue weighted by atomic mass is 32.2. The molecule has 0 aromatic carbocycles. The van der Waals surface area contributed by atoms with Crippen LogP contribution < -0.4 is 5.32 Å². The van der Waals surface area contributed by atoms with Gasteiger partial charge in [-0.3, -0.25) is 4.90 Å². The molecule has 3 atom stereocenters. The van der Waals surface area contributed by atoms with Gasteiger partial charge in [-0.05, 0) is 26.2 Å². The minimum atomic E-state index is -2.95. The molecule has 21 heavy (non-hydrogen) atoms. The average molecular weight is 319 g/mol. The van der Waals surface area contributed by atoms with Crippen molar-refractivity contribution in [3.63, 3.8) is 0 Å². The lowest BCUT2D eigenvalue weighted by Crippen LogP contribution is -2.59. The molecule has 0 amide bonds. The SMILES string of the molecule is CCCC1CN(CCS(=O)(=O)C(C)C)C(C(C)CC)CN1. The molecule has 0 saturated carbocycles. The lowest BCUT2D eigenvalue weighted by atomic mass is 9.94. The van der Waals surface area contributed by atoms with Crippen molar-refractivity contribution in [2.24, 2.45) is 5.92 Å². The quantitative estimate of drug-likeness (QED) is 0.746. The highest BCUT2D eigenvalue weighted by molar-refractivity contribution is 7.92. The van der Waals surface area contributed by atoms with Gasteiger partial charge in [0.1, 0.15) is 0 Å². The highest BCUT2D eigenvalue weighted by Gasteiger charge is 2.31. The summed E-state index contributed by atoms with van der Waals surface area (Å²) in [4.78, 5) is 2.42. The third kappa shape index (κ3) is 5.53. The Hall–Kier alpha value is -0.130. The van der Waals surface area contributed by atoms with Crippen LogP contribution >= 0.6 is 0 Å². The Morgan fingerprint density at radius 2 is 1.90 bits per heavy atom. The molecular weight excluding hydrogens is 284 g/mol. The number of nitrogens with one attached hydrogen (secondary N) is 1. The van der Waals surface area contributed by atoms with E-state index >= 15 is 0 Å². The Morgan fingerprint density at radius 3 is 2.43 bits per heavy atom. The molecule has 0 spiro atoms. The van der Waals surface area contributed by atoms with Gasteiger partial charge in [0, 0.05) is 31.7 Å². The number of hydrogen-bond donors (Lipinski definition) is 1. The van der Waals surface area contributed by atoms with Crippen LogP contribution in [0.5, 0.6) is 0 Å². The molecule has 4 nitrogen and oxygen atoms in total. The second kappa shape index (κ2) is 8.49. The van der Waals surface area contributed by atoms with Gasteiger partial charge < -0.3 is 5.32 Å². The minimum absolute atomic E-state index is 0.270. The summed E-state index contributed by atoms with van der Waals surface area (Å²) in [7, 11) is -2.95. The van der Waals surface area contributed by atoms with E-state index in [0.717, 1.165) is 19.5 Å². The van der Waals surface area contributed by atoms with E-state index in [1.54, 1.807) is 13.8 Å². The molecule has 0 aliphatic carbocycles. The topological polar surface area (TPSA) is 49.4 Å². The molecule has 0 radical (unpaired) electrons. The lowest BCUT2D eigenvalue weighted by molar-refractivity contribution is 0.0951. The summed E-state index contributed by atoms with van der Waals surface area (Å²) in [6, 6.07) is 0.975. The summed E-state index contributed by atoms with van der Waals surface area (Å²) in [6.07, 6.45) is 3.47. The second-order valence-electron chi connectivity index (χ2n) is 6.76. The number of nitrogens with zero attached hydrogens (tertiary/aromatic N) is 1. The van der Waals surface area contributed by atoms with E-state index in [1.165, 1.54) is 12.8 Å². The largest absolute Gasteiger partial charge is 0.311 e. The fraction of sp³-hybridized carbons (Fsp3) is 1.00. The summed E-state index contributed by atoms with van der Waals surface area (Å²) in [5, 5.41) is 3.37. The van der Waals surface area contributed by atoms with Crippen molar-refractivity contribution in [1.82, 2.24) is 10.2 Å². The summed E-state index contributed by atoms with van der Waals surface area (Å²) in [5.74, 6) is 0.887. The Kier molecular flexibility index (Phi) is 7.65. The Labute approximate surface area is 131 Å². The first-order valence-electron chi connectivity index (χ1n) is 8.50. The maximum Gasteiger partial charge on any atom is 0.153 e. The van der Waals surface area contributed by atoms with Crippen LogP contribution in [-0.2, 0) is 9.84 Å². The van der Waals surface area contributed by atoms with E-state index in [0.29, 0.717) is 24.5 Å². The van der Waals surface area contributed by atoms with Crippen molar-refractivity contribution in [3.05, 3.63) is 0 Å². The third-order valence-corrected chi connectivity index (χ3v) is 7.05. The van der Waals surface area contributed by atoms with Crippen molar-refractivity contribution < 1.29 is 8.42 Å². The zero-order chi connectivity index (χ0) is 16.0. The molecule has 1 N–H and O–H groups in total. The third-order valence-electron chi connectivity index (χ3n) is 4.86. The van der Waals surface area contributed by atoms with Crippen LogP contribution in [0.2, 0.25) is 0 Å². The molecule has 126 valence electrons. The maximum absolute atomic E-state index is 12.1. The van der Waals surface area contributed by atoms with Gasteiger partial charge >= 0.3 is 0 Å². The first-order chi connectivity index (χ1) is 9.81. The van der Waals surface area contributed by atoms with E-state index < -0.39 is 9.84 Å². The highest BCUT2D eigenvalue weighted by Crippen LogP contribution is 2.20. The van der Waals surface area contributed by atoms with Crippen molar-refractivity contribution in [2.45, 2.75) is 71.2 Å². The number of piperazine rings is 1. The van der Waals surface area contributed by atoms with Gasteiger partial charge in [-0.1, -0.05) is 33.6 Å². The predicted molar refractivity (Wildman–Crippen MR) is 90.4 cm³/mol. The van der Waals surface area contributed by atoms with Crippen molar-refractivity contribution >= 4 is 9.84 Å². The fourth-order valence-corrected chi connectivity index (χ4v) is 3.97. The molecule has 0 bridgehead atoms. The summed E-state index contributed by atoms with van der Waals surface area (Å²) in [6.45, 7) is 12.9.